The summed E-state index contributed by atoms with van der Waals surface area (Å²) in [5, 5.41) is 10.6. The van der Waals surface area contributed by atoms with Crippen molar-refractivity contribution in [3.8, 4) is 0 Å². The summed E-state index contributed by atoms with van der Waals surface area (Å²) in [6, 6.07) is 0. The zero-order valence-corrected chi connectivity index (χ0v) is 4.94. The van der Waals surface area contributed by atoms with Gasteiger partial charge in [0.05, 0.1) is 0 Å². The number of nitrogens with zero attached hydrogens (tertiary/aromatic N) is 1. The Bertz CT molecular complexity index is 140. The molecule has 0 amide bonds. The van der Waals surface area contributed by atoms with E-state index in [0.717, 1.165) is 11.8 Å². The van der Waals surface area contributed by atoms with Crippen molar-refractivity contribution in [3.63, 3.8) is 0 Å². The van der Waals surface area contributed by atoms with Crippen LogP contribution in [0, 0.1) is 0 Å². The first kappa shape index (κ1) is 5.65. The van der Waals surface area contributed by atoms with Crippen molar-refractivity contribution in [3.05, 3.63) is 12.4 Å². The fourth-order valence-corrected chi connectivity index (χ4v) is 0.784. The Labute approximate surface area is 51.1 Å². The lowest BCUT2D eigenvalue weighted by Gasteiger charge is -1.83. The normalized spacial score (nSPS) is 9.62. The molecule has 0 aliphatic heterocycles. The minimum Gasteiger partial charge on any atom is -0.340 e. The highest BCUT2D eigenvalue weighted by Crippen LogP contribution is 2.08. The maximum Gasteiger partial charge on any atom is 0.167 e. The van der Waals surface area contributed by atoms with Gasteiger partial charge in [-0.2, -0.15) is 0 Å². The summed E-state index contributed by atoms with van der Waals surface area (Å²) in [5.74, 6) is -0.173. The highest BCUT2D eigenvalue weighted by atomic mass is 32.2. The van der Waals surface area contributed by atoms with Crippen LogP contribution >= 0.6 is 11.8 Å². The lowest BCUT2D eigenvalue weighted by Crippen LogP contribution is -1.73. The Morgan fingerprint density at radius 3 is 3.25 bits per heavy atom. The molecule has 0 atom stereocenters. The summed E-state index contributed by atoms with van der Waals surface area (Å²) in [6.45, 7) is 0. The maximum atomic E-state index is 9.90. The van der Waals surface area contributed by atoms with Crippen LogP contribution in [0.25, 0.3) is 0 Å². The second kappa shape index (κ2) is 2.74. The largest absolute Gasteiger partial charge is 0.340 e. The topological polar surface area (TPSA) is 48.6 Å². The lowest BCUT2D eigenvalue weighted by atomic mass is 11.0. The quantitative estimate of drug-likeness (QED) is 0.476. The van der Waals surface area contributed by atoms with E-state index in [1.165, 1.54) is 0 Å². The molecule has 1 rings (SSSR count). The van der Waals surface area contributed by atoms with Gasteiger partial charge in [-0.05, 0) is 0 Å². The standard InChI is InChI=1S/C4H5N2OS/c7-3-8-4-5-1-2-6-4/h1-2H,3H2,(H,5,6). The SMILES string of the molecule is [O]CSc1ncc[nH]1. The summed E-state index contributed by atoms with van der Waals surface area (Å²) in [4.78, 5) is 6.60. The predicted octanol–water partition coefficient (Wildman–Crippen LogP) is 0.890. The van der Waals surface area contributed by atoms with E-state index in [2.05, 4.69) is 9.97 Å². The van der Waals surface area contributed by atoms with Crippen LogP contribution in [0.5, 0.6) is 0 Å². The van der Waals surface area contributed by atoms with Gasteiger partial charge in [0.1, 0.15) is 5.94 Å². The molecule has 1 aromatic heterocycles. The summed E-state index contributed by atoms with van der Waals surface area (Å²) >= 11 is 1.16. The summed E-state index contributed by atoms with van der Waals surface area (Å²) in [5.41, 5.74) is 0. The minimum absolute atomic E-state index is 0.173. The van der Waals surface area contributed by atoms with Gasteiger partial charge in [0.25, 0.3) is 0 Å². The number of nitrogens with one attached hydrogen (secondary N) is 1. The first-order valence-corrected chi connectivity index (χ1v) is 3.12. The van der Waals surface area contributed by atoms with Crippen LogP contribution in [0.2, 0.25) is 0 Å². The Morgan fingerprint density at radius 2 is 2.75 bits per heavy atom. The Kier molecular flexibility index (Phi) is 1.93. The number of thioether (sulfide) groups is 1. The molecule has 0 aromatic carbocycles. The van der Waals surface area contributed by atoms with Gasteiger partial charge in [0.15, 0.2) is 5.16 Å². The van der Waals surface area contributed by atoms with Crippen molar-refractivity contribution < 1.29 is 5.11 Å². The smallest absolute Gasteiger partial charge is 0.167 e. The van der Waals surface area contributed by atoms with E-state index in [4.69, 9.17) is 0 Å². The third-order valence-electron chi connectivity index (χ3n) is 0.669. The monoisotopic (exact) mass is 129 g/mol. The fourth-order valence-electron chi connectivity index (χ4n) is 0.386. The number of hydrogen-bond acceptors (Lipinski definition) is 2. The number of hydrogen-bond donors (Lipinski definition) is 1. The van der Waals surface area contributed by atoms with Crippen LogP contribution in [0.3, 0.4) is 0 Å². The molecule has 1 radical (unpaired) electrons. The zero-order valence-electron chi connectivity index (χ0n) is 4.13. The van der Waals surface area contributed by atoms with E-state index in [0.29, 0.717) is 5.16 Å². The average Bonchev–Trinajstić information content (AvgIpc) is 2.19. The van der Waals surface area contributed by atoms with E-state index in [9.17, 15) is 5.11 Å². The van der Waals surface area contributed by atoms with Gasteiger partial charge in [-0.25, -0.2) is 10.1 Å². The Balaban J connectivity index is 2.50. The van der Waals surface area contributed by atoms with Gasteiger partial charge in [-0.3, -0.25) is 0 Å². The van der Waals surface area contributed by atoms with Crippen molar-refractivity contribution in [2.45, 2.75) is 5.16 Å². The van der Waals surface area contributed by atoms with Crippen LogP contribution in [-0.4, -0.2) is 15.9 Å². The van der Waals surface area contributed by atoms with Gasteiger partial charge >= 0.3 is 0 Å². The molecule has 8 heavy (non-hydrogen) atoms. The van der Waals surface area contributed by atoms with Gasteiger partial charge in [-0.1, -0.05) is 11.8 Å². The summed E-state index contributed by atoms with van der Waals surface area (Å²) < 4.78 is 0. The number of H-pyrrole nitrogens is 1. The minimum atomic E-state index is -0.173. The predicted molar refractivity (Wildman–Crippen MR) is 30.0 cm³/mol. The van der Waals surface area contributed by atoms with E-state index in [1.807, 2.05) is 0 Å². The molecule has 0 aliphatic carbocycles. The van der Waals surface area contributed by atoms with Crippen LogP contribution < -0.4 is 0 Å². The first-order valence-electron chi connectivity index (χ1n) is 2.14. The molecule has 0 spiro atoms. The van der Waals surface area contributed by atoms with Crippen molar-refractivity contribution in [1.29, 1.82) is 0 Å². The Hall–Kier alpha value is -0.480. The molecule has 43 valence electrons. The zero-order chi connectivity index (χ0) is 5.82. The molecule has 0 saturated heterocycles. The van der Waals surface area contributed by atoms with E-state index >= 15 is 0 Å². The number of rotatable bonds is 2. The van der Waals surface area contributed by atoms with Gasteiger partial charge in [-0.15, -0.1) is 0 Å². The molecule has 0 fully saturated rings. The lowest BCUT2D eigenvalue weighted by molar-refractivity contribution is 0.260. The van der Waals surface area contributed by atoms with Gasteiger partial charge in [0.2, 0.25) is 0 Å². The third kappa shape index (κ3) is 1.24. The van der Waals surface area contributed by atoms with E-state index < -0.39 is 0 Å². The number of aromatic amines is 1. The van der Waals surface area contributed by atoms with Crippen molar-refractivity contribution in [1.82, 2.24) is 9.97 Å². The van der Waals surface area contributed by atoms with Crippen LogP contribution in [0.1, 0.15) is 0 Å². The molecular weight excluding hydrogens is 124 g/mol. The highest BCUT2D eigenvalue weighted by Gasteiger charge is 1.90. The molecule has 0 unspecified atom stereocenters. The molecule has 1 aromatic rings. The first-order chi connectivity index (χ1) is 3.93. The Morgan fingerprint density at radius 1 is 1.88 bits per heavy atom. The molecule has 0 aliphatic rings. The summed E-state index contributed by atoms with van der Waals surface area (Å²) in [6.07, 6.45) is 3.32. The van der Waals surface area contributed by atoms with E-state index in [-0.39, 0.29) is 5.94 Å². The highest BCUT2D eigenvalue weighted by molar-refractivity contribution is 7.98. The average molecular weight is 129 g/mol. The molecule has 4 heteroatoms. The van der Waals surface area contributed by atoms with Crippen molar-refractivity contribution >= 4 is 11.8 Å². The molecule has 1 N–H and O–H groups in total. The molecule has 1 heterocycles. The molecule has 0 bridgehead atoms. The van der Waals surface area contributed by atoms with Crippen molar-refractivity contribution in [2.24, 2.45) is 0 Å². The van der Waals surface area contributed by atoms with Gasteiger partial charge in [0, 0.05) is 12.4 Å². The number of imidazole rings is 1. The fraction of sp³-hybridized carbons (Fsp3) is 0.250. The third-order valence-corrected chi connectivity index (χ3v) is 1.28. The number of aromatic nitrogens is 2. The second-order valence-electron chi connectivity index (χ2n) is 1.16. The van der Waals surface area contributed by atoms with E-state index in [1.54, 1.807) is 12.4 Å². The molecule has 0 saturated carbocycles. The van der Waals surface area contributed by atoms with Gasteiger partial charge < -0.3 is 4.98 Å². The van der Waals surface area contributed by atoms with Crippen LogP contribution in [-0.2, 0) is 5.11 Å². The molecule has 3 nitrogen and oxygen atoms in total. The molecular formula is C4H5N2OS. The van der Waals surface area contributed by atoms with Crippen LogP contribution in [0.15, 0.2) is 17.6 Å². The summed E-state index contributed by atoms with van der Waals surface area (Å²) in [7, 11) is 0. The maximum absolute atomic E-state index is 9.90. The van der Waals surface area contributed by atoms with Crippen LogP contribution in [0.4, 0.5) is 0 Å². The van der Waals surface area contributed by atoms with Crippen molar-refractivity contribution in [2.75, 3.05) is 5.94 Å². The second-order valence-corrected chi connectivity index (χ2v) is 2.07.